The van der Waals surface area contributed by atoms with Crippen molar-refractivity contribution >= 4 is 22.8 Å². The van der Waals surface area contributed by atoms with Gasteiger partial charge in [-0.2, -0.15) is 0 Å². The third kappa shape index (κ3) is 4.57. The van der Waals surface area contributed by atoms with E-state index in [4.69, 9.17) is 16.3 Å². The molecule has 0 amide bonds. The van der Waals surface area contributed by atoms with Gasteiger partial charge in [-0.1, -0.05) is 13.8 Å². The van der Waals surface area contributed by atoms with Crippen LogP contribution in [0.1, 0.15) is 42.3 Å². The first-order valence-corrected chi connectivity index (χ1v) is 5.79. The summed E-state index contributed by atoms with van der Waals surface area (Å²) < 4.78 is 5.02. The molecule has 94 valence electrons. The molecule has 0 saturated carbocycles. The molecule has 0 aliphatic heterocycles. The Morgan fingerprint density at radius 3 is 1.82 bits per heavy atom. The van der Waals surface area contributed by atoms with E-state index in [1.807, 2.05) is 13.8 Å². The van der Waals surface area contributed by atoms with E-state index < -0.39 is 5.24 Å². The highest BCUT2D eigenvalue weighted by Gasteiger charge is 2.11. The van der Waals surface area contributed by atoms with Crippen LogP contribution in [0.25, 0.3) is 0 Å². The maximum atomic E-state index is 10.9. The molecule has 0 aliphatic carbocycles. The molecular formula is C13H17ClO3. The number of esters is 1. The summed E-state index contributed by atoms with van der Waals surface area (Å²) in [6.07, 6.45) is 0. The van der Waals surface area contributed by atoms with E-state index in [2.05, 4.69) is 0 Å². The molecule has 0 unspecified atom stereocenters. The molecule has 1 rings (SSSR count). The summed E-state index contributed by atoms with van der Waals surface area (Å²) in [5, 5.41) is -0.518. The first-order chi connectivity index (χ1) is 7.91. The third-order valence-electron chi connectivity index (χ3n) is 1.93. The van der Waals surface area contributed by atoms with Crippen molar-refractivity contribution in [2.75, 3.05) is 0 Å². The molecule has 0 heterocycles. The number of aryl methyl sites for hydroxylation is 2. The minimum atomic E-state index is -0.518. The van der Waals surface area contributed by atoms with Gasteiger partial charge in [0.2, 0.25) is 0 Å². The van der Waals surface area contributed by atoms with Crippen LogP contribution in [0, 0.1) is 13.8 Å². The lowest BCUT2D eigenvalue weighted by Gasteiger charge is -2.09. The van der Waals surface area contributed by atoms with Crippen LogP contribution >= 0.6 is 11.6 Å². The Balaban J connectivity index is 0.00000121. The van der Waals surface area contributed by atoms with Crippen LogP contribution in [0.15, 0.2) is 12.1 Å². The molecule has 1 aromatic carbocycles. The SMILES string of the molecule is CC.CC(=O)Oc1c(C)cc(C(=O)Cl)cc1C. The van der Waals surface area contributed by atoms with Crippen molar-refractivity contribution in [1.29, 1.82) is 0 Å². The Kier molecular flexibility index (Phi) is 6.51. The Morgan fingerprint density at radius 2 is 1.53 bits per heavy atom. The lowest BCUT2D eigenvalue weighted by Crippen LogP contribution is -2.05. The van der Waals surface area contributed by atoms with Gasteiger partial charge in [-0.25, -0.2) is 0 Å². The molecule has 4 heteroatoms. The van der Waals surface area contributed by atoms with E-state index in [1.54, 1.807) is 26.0 Å². The van der Waals surface area contributed by atoms with Crippen LogP contribution < -0.4 is 4.74 Å². The largest absolute Gasteiger partial charge is 0.426 e. The molecule has 3 nitrogen and oxygen atoms in total. The Hall–Kier alpha value is -1.35. The lowest BCUT2D eigenvalue weighted by atomic mass is 10.1. The normalized spacial score (nSPS) is 9.06. The molecule has 0 radical (unpaired) electrons. The van der Waals surface area contributed by atoms with Gasteiger partial charge in [0.1, 0.15) is 5.75 Å². The summed E-state index contributed by atoms with van der Waals surface area (Å²) in [6, 6.07) is 3.20. The number of rotatable bonds is 2. The molecule has 0 atom stereocenters. The second kappa shape index (κ2) is 7.07. The first kappa shape index (κ1) is 15.7. The molecule has 0 aromatic heterocycles. The standard InChI is InChI=1S/C11H11ClO3.C2H6/c1-6-4-9(11(12)14)5-7(2)10(6)15-8(3)13;1-2/h4-5H,1-3H3;1-2H3. The van der Waals surface area contributed by atoms with Crippen LogP contribution in [-0.4, -0.2) is 11.2 Å². The fraction of sp³-hybridized carbons (Fsp3) is 0.385. The zero-order valence-corrected chi connectivity index (χ0v) is 11.5. The molecule has 0 saturated heterocycles. The van der Waals surface area contributed by atoms with Crippen molar-refractivity contribution in [3.8, 4) is 5.75 Å². The van der Waals surface area contributed by atoms with Crippen molar-refractivity contribution < 1.29 is 14.3 Å². The quantitative estimate of drug-likeness (QED) is 0.461. The summed E-state index contributed by atoms with van der Waals surface area (Å²) in [7, 11) is 0. The predicted octanol–water partition coefficient (Wildman–Crippen LogP) is 3.63. The summed E-state index contributed by atoms with van der Waals surface area (Å²) >= 11 is 5.36. The number of benzene rings is 1. The molecule has 0 N–H and O–H groups in total. The number of halogens is 1. The number of ether oxygens (including phenoxy) is 1. The van der Waals surface area contributed by atoms with Gasteiger partial charge in [-0.15, -0.1) is 0 Å². The average molecular weight is 257 g/mol. The maximum Gasteiger partial charge on any atom is 0.308 e. The van der Waals surface area contributed by atoms with Gasteiger partial charge in [-0.3, -0.25) is 9.59 Å². The average Bonchev–Trinajstić information content (AvgIpc) is 2.25. The van der Waals surface area contributed by atoms with Crippen molar-refractivity contribution in [2.24, 2.45) is 0 Å². The van der Waals surface area contributed by atoms with Gasteiger partial charge in [0.05, 0.1) is 0 Å². The molecule has 0 aliphatic rings. The van der Waals surface area contributed by atoms with Gasteiger partial charge in [0.25, 0.3) is 5.24 Å². The van der Waals surface area contributed by atoms with E-state index in [9.17, 15) is 9.59 Å². The van der Waals surface area contributed by atoms with E-state index in [1.165, 1.54) is 6.92 Å². The topological polar surface area (TPSA) is 43.4 Å². The first-order valence-electron chi connectivity index (χ1n) is 5.41. The fourth-order valence-corrected chi connectivity index (χ4v) is 1.48. The summed E-state index contributed by atoms with van der Waals surface area (Å²) in [4.78, 5) is 21.8. The highest BCUT2D eigenvalue weighted by molar-refractivity contribution is 6.67. The van der Waals surface area contributed by atoms with E-state index >= 15 is 0 Å². The third-order valence-corrected chi connectivity index (χ3v) is 2.15. The summed E-state index contributed by atoms with van der Waals surface area (Å²) in [5.41, 5.74) is 1.84. The van der Waals surface area contributed by atoms with Crippen molar-refractivity contribution in [3.63, 3.8) is 0 Å². The second-order valence-electron chi connectivity index (χ2n) is 3.31. The minimum absolute atomic E-state index is 0.383. The number of hydrogen-bond acceptors (Lipinski definition) is 3. The highest BCUT2D eigenvalue weighted by Crippen LogP contribution is 2.25. The fourth-order valence-electron chi connectivity index (χ4n) is 1.37. The van der Waals surface area contributed by atoms with Crippen molar-refractivity contribution in [2.45, 2.75) is 34.6 Å². The van der Waals surface area contributed by atoms with E-state index in [0.717, 1.165) is 0 Å². The highest BCUT2D eigenvalue weighted by atomic mass is 35.5. The van der Waals surface area contributed by atoms with Crippen LogP contribution in [0.5, 0.6) is 5.75 Å². The minimum Gasteiger partial charge on any atom is -0.426 e. The van der Waals surface area contributed by atoms with Crippen LogP contribution in [0.4, 0.5) is 0 Å². The molecule has 0 bridgehead atoms. The molecule has 0 spiro atoms. The van der Waals surface area contributed by atoms with Crippen LogP contribution in [0.2, 0.25) is 0 Å². The zero-order chi connectivity index (χ0) is 13.6. The Bertz CT molecular complexity index is 402. The smallest absolute Gasteiger partial charge is 0.308 e. The molecule has 1 aromatic rings. The number of hydrogen-bond donors (Lipinski definition) is 0. The van der Waals surface area contributed by atoms with Crippen molar-refractivity contribution in [1.82, 2.24) is 0 Å². The van der Waals surface area contributed by atoms with Crippen molar-refractivity contribution in [3.05, 3.63) is 28.8 Å². The number of carbonyl (C=O) groups is 2. The summed E-state index contributed by atoms with van der Waals surface area (Å²) in [6.45, 7) is 8.85. The maximum absolute atomic E-state index is 10.9. The van der Waals surface area contributed by atoms with E-state index in [-0.39, 0.29) is 5.97 Å². The Morgan fingerprint density at radius 1 is 1.12 bits per heavy atom. The van der Waals surface area contributed by atoms with Gasteiger partial charge >= 0.3 is 5.97 Å². The number of carbonyl (C=O) groups excluding carboxylic acids is 2. The predicted molar refractivity (Wildman–Crippen MR) is 68.8 cm³/mol. The second-order valence-corrected chi connectivity index (χ2v) is 3.65. The van der Waals surface area contributed by atoms with Gasteiger partial charge in [0.15, 0.2) is 0 Å². The van der Waals surface area contributed by atoms with Crippen LogP contribution in [0.3, 0.4) is 0 Å². The molecule has 17 heavy (non-hydrogen) atoms. The van der Waals surface area contributed by atoms with Gasteiger partial charge in [-0.05, 0) is 48.7 Å². The molecular weight excluding hydrogens is 240 g/mol. The Labute approximate surface area is 107 Å². The molecule has 0 fully saturated rings. The van der Waals surface area contributed by atoms with Crippen LogP contribution in [-0.2, 0) is 4.79 Å². The summed E-state index contributed by atoms with van der Waals surface area (Å²) in [5.74, 6) is 0.107. The zero-order valence-electron chi connectivity index (χ0n) is 10.8. The monoisotopic (exact) mass is 256 g/mol. The van der Waals surface area contributed by atoms with Gasteiger partial charge in [0, 0.05) is 12.5 Å². The lowest BCUT2D eigenvalue weighted by molar-refractivity contribution is -0.131. The van der Waals surface area contributed by atoms with E-state index in [0.29, 0.717) is 22.4 Å². The van der Waals surface area contributed by atoms with Gasteiger partial charge < -0.3 is 4.74 Å².